The number of fused-ring (bicyclic) bond motifs is 2. The van der Waals surface area contributed by atoms with Gasteiger partial charge in [0.15, 0.2) is 0 Å². The number of carbonyl (C=O) groups excluding carboxylic acids is 1. The lowest BCUT2D eigenvalue weighted by atomic mass is 9.66. The van der Waals surface area contributed by atoms with E-state index in [1.807, 2.05) is 17.9 Å². The van der Waals surface area contributed by atoms with E-state index in [-0.39, 0.29) is 17.4 Å². The van der Waals surface area contributed by atoms with Gasteiger partial charge >= 0.3 is 0 Å². The van der Waals surface area contributed by atoms with Gasteiger partial charge in [-0.15, -0.1) is 0 Å². The molecule has 3 aliphatic heterocycles. The quantitative estimate of drug-likeness (QED) is 0.691. The van der Waals surface area contributed by atoms with Crippen molar-refractivity contribution in [2.75, 3.05) is 42.6 Å². The summed E-state index contributed by atoms with van der Waals surface area (Å²) in [7, 11) is 0. The molecule has 4 aliphatic rings. The molecule has 1 aliphatic carbocycles. The summed E-state index contributed by atoms with van der Waals surface area (Å²) in [5.41, 5.74) is 1.15. The van der Waals surface area contributed by atoms with Crippen molar-refractivity contribution >= 4 is 23.4 Å². The molecule has 9 nitrogen and oxygen atoms in total. The maximum Gasteiger partial charge on any atom is 0.254 e. The standard InChI is InChI=1S/C25H29N7O2/c1-17-14-30(9-10-31(17)23(33)24(2)7-11-34-24)21-20-22(29-16-28-21)32(15-25(20)5-3-6-25)19-12-18(13-26)4-8-27-19/h4,8,12,16-17H,3,5-7,9-11,14-15H2,1-2H3. The normalized spacial score (nSPS) is 27.1. The van der Waals surface area contributed by atoms with Gasteiger partial charge in [-0.3, -0.25) is 4.79 Å². The van der Waals surface area contributed by atoms with E-state index in [1.54, 1.807) is 18.6 Å². The Kier molecular flexibility index (Phi) is 4.78. The van der Waals surface area contributed by atoms with E-state index in [1.165, 1.54) is 12.0 Å². The summed E-state index contributed by atoms with van der Waals surface area (Å²) in [6, 6.07) is 5.84. The smallest absolute Gasteiger partial charge is 0.254 e. The highest BCUT2D eigenvalue weighted by atomic mass is 16.5. The SMILES string of the molecule is CC1CN(c2ncnc3c2C2(CCC2)CN3c2cc(C#N)ccn2)CCN1C(=O)C1(C)CCO1. The molecule has 6 rings (SSSR count). The van der Waals surface area contributed by atoms with Crippen molar-refractivity contribution in [3.63, 3.8) is 0 Å². The summed E-state index contributed by atoms with van der Waals surface area (Å²) >= 11 is 0. The number of ether oxygens (including phenoxy) is 1. The monoisotopic (exact) mass is 459 g/mol. The molecule has 2 aromatic heterocycles. The van der Waals surface area contributed by atoms with Gasteiger partial charge in [-0.05, 0) is 38.8 Å². The van der Waals surface area contributed by atoms with Crippen molar-refractivity contribution in [1.29, 1.82) is 5.26 Å². The molecule has 2 unspecified atom stereocenters. The highest BCUT2D eigenvalue weighted by molar-refractivity contribution is 5.86. The zero-order valence-electron chi connectivity index (χ0n) is 19.7. The molecule has 34 heavy (non-hydrogen) atoms. The molecule has 0 aromatic carbocycles. The Morgan fingerprint density at radius 1 is 1.21 bits per heavy atom. The molecule has 9 heteroatoms. The fourth-order valence-electron chi connectivity index (χ4n) is 5.91. The number of anilines is 3. The van der Waals surface area contributed by atoms with Crippen LogP contribution in [0, 0.1) is 11.3 Å². The van der Waals surface area contributed by atoms with Crippen LogP contribution in [-0.2, 0) is 14.9 Å². The predicted octanol–water partition coefficient (Wildman–Crippen LogP) is 2.53. The van der Waals surface area contributed by atoms with Gasteiger partial charge in [0.2, 0.25) is 0 Å². The number of carbonyl (C=O) groups is 1. The Bertz CT molecular complexity index is 1180. The predicted molar refractivity (Wildman–Crippen MR) is 126 cm³/mol. The summed E-state index contributed by atoms with van der Waals surface area (Å²) in [4.78, 5) is 33.6. The van der Waals surface area contributed by atoms with Crippen LogP contribution in [0.25, 0.3) is 0 Å². The summed E-state index contributed by atoms with van der Waals surface area (Å²) < 4.78 is 5.62. The number of amides is 1. The molecule has 0 N–H and O–H groups in total. The van der Waals surface area contributed by atoms with Gasteiger partial charge < -0.3 is 19.4 Å². The topological polar surface area (TPSA) is 98.5 Å². The molecular formula is C25H29N7O2. The van der Waals surface area contributed by atoms with Crippen LogP contribution in [0.2, 0.25) is 0 Å². The maximum absolute atomic E-state index is 13.1. The second-order valence-corrected chi connectivity index (χ2v) is 10.3. The number of pyridine rings is 1. The summed E-state index contributed by atoms with van der Waals surface area (Å²) in [5.74, 6) is 2.73. The molecular weight excluding hydrogens is 430 g/mol. The van der Waals surface area contributed by atoms with Crippen LogP contribution in [0.15, 0.2) is 24.7 Å². The van der Waals surface area contributed by atoms with E-state index in [0.717, 1.165) is 56.4 Å². The Balaban J connectivity index is 1.32. The van der Waals surface area contributed by atoms with Crippen LogP contribution < -0.4 is 9.80 Å². The van der Waals surface area contributed by atoms with E-state index in [0.29, 0.717) is 18.7 Å². The first-order valence-corrected chi connectivity index (χ1v) is 12.1. The average Bonchev–Trinajstić information content (AvgIpc) is 3.18. The summed E-state index contributed by atoms with van der Waals surface area (Å²) in [5, 5.41) is 9.37. The largest absolute Gasteiger partial charge is 0.365 e. The van der Waals surface area contributed by atoms with Crippen LogP contribution in [0.1, 0.15) is 50.7 Å². The molecule has 0 bridgehead atoms. The number of nitrogens with zero attached hydrogens (tertiary/aromatic N) is 7. The number of hydrogen-bond acceptors (Lipinski definition) is 8. The summed E-state index contributed by atoms with van der Waals surface area (Å²) in [6.45, 7) is 7.58. The van der Waals surface area contributed by atoms with Crippen LogP contribution in [0.5, 0.6) is 0 Å². The lowest BCUT2D eigenvalue weighted by molar-refractivity contribution is -0.184. The Morgan fingerprint density at radius 2 is 2.00 bits per heavy atom. The molecule has 1 amide bonds. The van der Waals surface area contributed by atoms with Crippen molar-refractivity contribution in [1.82, 2.24) is 19.9 Å². The summed E-state index contributed by atoms with van der Waals surface area (Å²) in [6.07, 6.45) is 7.49. The van der Waals surface area contributed by atoms with Gasteiger partial charge in [0.1, 0.15) is 29.4 Å². The highest BCUT2D eigenvalue weighted by Crippen LogP contribution is 2.56. The number of piperazine rings is 1. The maximum atomic E-state index is 13.1. The number of hydrogen-bond donors (Lipinski definition) is 0. The molecule has 5 heterocycles. The minimum Gasteiger partial charge on any atom is -0.365 e. The third-order valence-corrected chi connectivity index (χ3v) is 8.16. The van der Waals surface area contributed by atoms with Gasteiger partial charge in [0.25, 0.3) is 5.91 Å². The molecule has 1 saturated carbocycles. The first kappa shape index (κ1) is 21.3. The average molecular weight is 460 g/mol. The van der Waals surface area contributed by atoms with Crippen molar-refractivity contribution in [2.24, 2.45) is 0 Å². The van der Waals surface area contributed by atoms with Crippen molar-refractivity contribution in [3.8, 4) is 6.07 Å². The van der Waals surface area contributed by atoms with Crippen LogP contribution in [0.3, 0.4) is 0 Å². The first-order valence-electron chi connectivity index (χ1n) is 12.1. The molecule has 1 spiro atoms. The van der Waals surface area contributed by atoms with Crippen LogP contribution >= 0.6 is 0 Å². The van der Waals surface area contributed by atoms with E-state index >= 15 is 0 Å². The highest BCUT2D eigenvalue weighted by Gasteiger charge is 2.52. The second-order valence-electron chi connectivity index (χ2n) is 10.3. The first-order chi connectivity index (χ1) is 16.4. The van der Waals surface area contributed by atoms with Crippen molar-refractivity contribution < 1.29 is 9.53 Å². The molecule has 2 saturated heterocycles. The van der Waals surface area contributed by atoms with Crippen molar-refractivity contribution in [3.05, 3.63) is 35.8 Å². The zero-order chi connectivity index (χ0) is 23.5. The van der Waals surface area contributed by atoms with E-state index in [9.17, 15) is 10.1 Å². The minimum absolute atomic E-state index is 0.0136. The van der Waals surface area contributed by atoms with Crippen LogP contribution in [-0.4, -0.2) is 70.2 Å². The third-order valence-electron chi connectivity index (χ3n) is 8.16. The van der Waals surface area contributed by atoms with E-state index in [2.05, 4.69) is 27.8 Å². The Morgan fingerprint density at radius 3 is 2.65 bits per heavy atom. The minimum atomic E-state index is -0.659. The fourth-order valence-corrected chi connectivity index (χ4v) is 5.91. The van der Waals surface area contributed by atoms with E-state index in [4.69, 9.17) is 14.7 Å². The Hall–Kier alpha value is -3.25. The molecule has 176 valence electrons. The van der Waals surface area contributed by atoms with Gasteiger partial charge in [0, 0.05) is 55.8 Å². The van der Waals surface area contributed by atoms with Gasteiger partial charge in [0.05, 0.1) is 18.2 Å². The fraction of sp³-hybridized carbons (Fsp3) is 0.560. The third kappa shape index (κ3) is 3.08. The zero-order valence-corrected chi connectivity index (χ0v) is 19.7. The lowest BCUT2D eigenvalue weighted by Gasteiger charge is -2.47. The van der Waals surface area contributed by atoms with Crippen LogP contribution in [0.4, 0.5) is 17.5 Å². The van der Waals surface area contributed by atoms with Gasteiger partial charge in [-0.25, -0.2) is 15.0 Å². The molecule has 2 aromatic rings. The lowest BCUT2D eigenvalue weighted by Crippen LogP contribution is -2.62. The van der Waals surface area contributed by atoms with Crippen molar-refractivity contribution in [2.45, 2.75) is 56.6 Å². The number of rotatable bonds is 3. The number of aromatic nitrogens is 3. The van der Waals surface area contributed by atoms with Gasteiger partial charge in [-0.2, -0.15) is 5.26 Å². The van der Waals surface area contributed by atoms with E-state index < -0.39 is 5.60 Å². The Labute approximate surface area is 199 Å². The molecule has 3 fully saturated rings. The molecule has 2 atom stereocenters. The van der Waals surface area contributed by atoms with Gasteiger partial charge in [-0.1, -0.05) is 6.42 Å². The molecule has 0 radical (unpaired) electrons. The second kappa shape index (κ2) is 7.64. The number of nitriles is 1.